The fraction of sp³-hybridized carbons (Fsp3) is 0. The van der Waals surface area contributed by atoms with Gasteiger partial charge in [-0.3, -0.25) is 10.1 Å². The van der Waals surface area contributed by atoms with Gasteiger partial charge >= 0.3 is 0 Å². The van der Waals surface area contributed by atoms with E-state index >= 15 is 0 Å². The van der Waals surface area contributed by atoms with Gasteiger partial charge in [0.05, 0.1) is 15.8 Å². The van der Waals surface area contributed by atoms with Crippen molar-refractivity contribution in [2.45, 2.75) is 0 Å². The van der Waals surface area contributed by atoms with Crippen molar-refractivity contribution in [3.8, 4) is 11.5 Å². The summed E-state index contributed by atoms with van der Waals surface area (Å²) in [4.78, 5) is 16.1. The lowest BCUT2D eigenvalue weighted by Crippen LogP contribution is -2.13. The third-order valence-corrected chi connectivity index (χ3v) is 3.72. The van der Waals surface area contributed by atoms with E-state index in [1.165, 1.54) is 12.1 Å². The average Bonchev–Trinajstić information content (AvgIpc) is 2.82. The van der Waals surface area contributed by atoms with Gasteiger partial charge in [-0.05, 0) is 36.4 Å². The topological polar surface area (TPSA) is 82.5 Å². The molecule has 3 aromatic rings. The molecule has 0 aliphatic carbocycles. The van der Waals surface area contributed by atoms with Crippen LogP contribution in [0.15, 0.2) is 36.4 Å². The van der Waals surface area contributed by atoms with Crippen molar-refractivity contribution in [1.82, 2.24) is 4.98 Å². The lowest BCUT2D eigenvalue weighted by molar-refractivity contribution is 0.102. The number of halogens is 1. The minimum Gasteiger partial charge on any atom is -0.508 e. The first-order valence-corrected chi connectivity index (χ1v) is 6.74. The van der Waals surface area contributed by atoms with Crippen LogP contribution in [0.4, 0.5) is 9.52 Å². The van der Waals surface area contributed by atoms with Gasteiger partial charge in [0.15, 0.2) is 5.13 Å². The minimum absolute atomic E-state index is 0.100. The Morgan fingerprint density at radius 1 is 1.14 bits per heavy atom. The highest BCUT2D eigenvalue weighted by Crippen LogP contribution is 2.29. The summed E-state index contributed by atoms with van der Waals surface area (Å²) in [7, 11) is 0. The molecule has 2 aromatic carbocycles. The highest BCUT2D eigenvalue weighted by atomic mass is 32.1. The first-order valence-electron chi connectivity index (χ1n) is 5.92. The van der Waals surface area contributed by atoms with Gasteiger partial charge in [-0.1, -0.05) is 11.3 Å². The molecule has 3 N–H and O–H groups in total. The van der Waals surface area contributed by atoms with Crippen molar-refractivity contribution in [2.24, 2.45) is 0 Å². The molecule has 1 amide bonds. The van der Waals surface area contributed by atoms with E-state index in [1.54, 1.807) is 6.07 Å². The van der Waals surface area contributed by atoms with E-state index in [2.05, 4.69) is 10.3 Å². The average molecular weight is 304 g/mol. The van der Waals surface area contributed by atoms with Crippen molar-refractivity contribution in [3.63, 3.8) is 0 Å². The van der Waals surface area contributed by atoms with Crippen LogP contribution in [0.25, 0.3) is 10.2 Å². The largest absolute Gasteiger partial charge is 0.508 e. The maximum atomic E-state index is 13.6. The number of carbonyl (C=O) groups is 1. The number of hydrogen-bond donors (Lipinski definition) is 3. The van der Waals surface area contributed by atoms with E-state index in [-0.39, 0.29) is 22.2 Å². The molecule has 0 aliphatic heterocycles. The number of nitrogens with zero attached hydrogens (tertiary/aromatic N) is 1. The van der Waals surface area contributed by atoms with Gasteiger partial charge < -0.3 is 10.2 Å². The third kappa shape index (κ3) is 2.63. The summed E-state index contributed by atoms with van der Waals surface area (Å²) in [5, 5.41) is 21.4. The molecule has 7 heteroatoms. The molecule has 0 fully saturated rings. The lowest BCUT2D eigenvalue weighted by atomic mass is 10.2. The minimum atomic E-state index is -0.732. The number of benzene rings is 2. The van der Waals surface area contributed by atoms with Crippen molar-refractivity contribution in [3.05, 3.63) is 47.8 Å². The van der Waals surface area contributed by atoms with E-state index < -0.39 is 11.7 Å². The van der Waals surface area contributed by atoms with Crippen molar-refractivity contribution < 1.29 is 19.4 Å². The summed E-state index contributed by atoms with van der Waals surface area (Å²) in [5.41, 5.74) is 0.349. The van der Waals surface area contributed by atoms with Crippen molar-refractivity contribution >= 4 is 32.6 Å². The van der Waals surface area contributed by atoms with Crippen LogP contribution in [0.1, 0.15) is 10.4 Å². The number of rotatable bonds is 2. The number of phenols is 2. The Kier molecular flexibility index (Phi) is 3.19. The number of aromatic nitrogens is 1. The Morgan fingerprint density at radius 2 is 1.86 bits per heavy atom. The van der Waals surface area contributed by atoms with Crippen molar-refractivity contribution in [2.75, 3.05) is 5.32 Å². The SMILES string of the molecule is O=C(Nc1nc2ccc(O)cc2s1)c1cc(O)ccc1F. The van der Waals surface area contributed by atoms with E-state index in [1.807, 2.05) is 0 Å². The molecule has 21 heavy (non-hydrogen) atoms. The molecular weight excluding hydrogens is 295 g/mol. The van der Waals surface area contributed by atoms with Crippen LogP contribution in [0.2, 0.25) is 0 Å². The fourth-order valence-electron chi connectivity index (χ4n) is 1.82. The Balaban J connectivity index is 1.90. The van der Waals surface area contributed by atoms with Crippen molar-refractivity contribution in [1.29, 1.82) is 0 Å². The molecule has 5 nitrogen and oxygen atoms in total. The first-order chi connectivity index (χ1) is 10.0. The molecule has 0 spiro atoms. The molecule has 0 radical (unpaired) electrons. The zero-order valence-corrected chi connectivity index (χ0v) is 11.3. The zero-order chi connectivity index (χ0) is 15.0. The summed E-state index contributed by atoms with van der Waals surface area (Å²) < 4.78 is 14.3. The van der Waals surface area contributed by atoms with Gasteiger partial charge in [-0.25, -0.2) is 9.37 Å². The summed E-state index contributed by atoms with van der Waals surface area (Å²) >= 11 is 1.16. The second kappa shape index (κ2) is 5.02. The molecule has 1 heterocycles. The summed E-state index contributed by atoms with van der Waals surface area (Å²) in [6.45, 7) is 0. The molecule has 3 rings (SSSR count). The Bertz CT molecular complexity index is 847. The number of phenolic OH excluding ortho intramolecular Hbond substituents is 2. The Morgan fingerprint density at radius 3 is 2.67 bits per heavy atom. The van der Waals surface area contributed by atoms with Crippen LogP contribution in [0.5, 0.6) is 11.5 Å². The number of amides is 1. The lowest BCUT2D eigenvalue weighted by Gasteiger charge is -2.03. The predicted molar refractivity (Wildman–Crippen MR) is 77.3 cm³/mol. The van der Waals surface area contributed by atoms with E-state index in [0.717, 1.165) is 29.5 Å². The Hall–Kier alpha value is -2.67. The summed E-state index contributed by atoms with van der Waals surface area (Å²) in [5.74, 6) is -1.53. The van der Waals surface area contributed by atoms with Crippen LogP contribution in [0.3, 0.4) is 0 Å². The summed E-state index contributed by atoms with van der Waals surface area (Å²) in [6.07, 6.45) is 0. The second-order valence-electron chi connectivity index (χ2n) is 4.29. The fourth-order valence-corrected chi connectivity index (χ4v) is 2.71. The zero-order valence-electron chi connectivity index (χ0n) is 10.5. The van der Waals surface area contributed by atoms with Gasteiger partial charge in [0.1, 0.15) is 17.3 Å². The van der Waals surface area contributed by atoms with Crippen LogP contribution in [0, 0.1) is 5.82 Å². The predicted octanol–water partition coefficient (Wildman–Crippen LogP) is 3.10. The van der Waals surface area contributed by atoms with E-state index in [4.69, 9.17) is 0 Å². The maximum Gasteiger partial charge on any atom is 0.260 e. The van der Waals surface area contributed by atoms with Crippen LogP contribution in [-0.2, 0) is 0 Å². The quantitative estimate of drug-likeness (QED) is 0.679. The molecule has 0 bridgehead atoms. The molecule has 0 atom stereocenters. The van der Waals surface area contributed by atoms with E-state index in [0.29, 0.717) is 10.2 Å². The number of thiazole rings is 1. The number of fused-ring (bicyclic) bond motifs is 1. The van der Waals surface area contributed by atoms with E-state index in [9.17, 15) is 19.4 Å². The highest BCUT2D eigenvalue weighted by molar-refractivity contribution is 7.22. The molecule has 0 aliphatic rings. The third-order valence-electron chi connectivity index (χ3n) is 2.79. The van der Waals surface area contributed by atoms with Crippen LogP contribution in [-0.4, -0.2) is 21.1 Å². The van der Waals surface area contributed by atoms with Gasteiger partial charge in [0, 0.05) is 0 Å². The molecule has 0 unspecified atom stereocenters. The number of hydrogen-bond acceptors (Lipinski definition) is 5. The van der Waals surface area contributed by atoms with Gasteiger partial charge in [-0.2, -0.15) is 0 Å². The monoisotopic (exact) mass is 304 g/mol. The molecule has 106 valence electrons. The van der Waals surface area contributed by atoms with Gasteiger partial charge in [0.2, 0.25) is 0 Å². The number of nitrogens with one attached hydrogen (secondary N) is 1. The van der Waals surface area contributed by atoms with Gasteiger partial charge in [0.25, 0.3) is 5.91 Å². The van der Waals surface area contributed by atoms with Crippen LogP contribution >= 0.6 is 11.3 Å². The van der Waals surface area contributed by atoms with Gasteiger partial charge in [-0.15, -0.1) is 0 Å². The molecule has 0 saturated carbocycles. The maximum absolute atomic E-state index is 13.6. The smallest absolute Gasteiger partial charge is 0.260 e. The molecule has 0 saturated heterocycles. The normalized spacial score (nSPS) is 10.7. The Labute approximate surface area is 122 Å². The highest BCUT2D eigenvalue weighted by Gasteiger charge is 2.15. The summed E-state index contributed by atoms with van der Waals surface area (Å²) in [6, 6.07) is 7.85. The number of aromatic hydroxyl groups is 2. The number of carbonyl (C=O) groups excluding carboxylic acids is 1. The standard InChI is InChI=1S/C14H9FN2O3S/c15-10-3-1-7(18)5-9(10)13(20)17-14-16-11-4-2-8(19)6-12(11)21-14/h1-6,18-19H,(H,16,17,20). The molecule has 1 aromatic heterocycles. The van der Waals surface area contributed by atoms with Crippen LogP contribution < -0.4 is 5.32 Å². The molecular formula is C14H9FN2O3S. The second-order valence-corrected chi connectivity index (χ2v) is 5.32. The number of anilines is 1. The first kappa shape index (κ1) is 13.3.